The second-order valence-corrected chi connectivity index (χ2v) is 6.75. The fourth-order valence-corrected chi connectivity index (χ4v) is 3.82. The molecule has 0 radical (unpaired) electrons. The van der Waals surface area contributed by atoms with E-state index >= 15 is 0 Å². The molecule has 0 spiro atoms. The molecular formula is C22H18N4O. The minimum atomic E-state index is -0.135. The molecule has 2 heterocycles. The number of amides is 1. The van der Waals surface area contributed by atoms with Gasteiger partial charge in [0, 0.05) is 11.8 Å². The van der Waals surface area contributed by atoms with Crippen LogP contribution in [0.15, 0.2) is 73.1 Å². The molecule has 5 heteroatoms. The Morgan fingerprint density at radius 2 is 1.85 bits per heavy atom. The Labute approximate surface area is 156 Å². The lowest BCUT2D eigenvalue weighted by molar-refractivity contribution is 0.0938. The van der Waals surface area contributed by atoms with Crippen LogP contribution in [0, 0.1) is 0 Å². The highest BCUT2D eigenvalue weighted by Gasteiger charge is 2.25. The van der Waals surface area contributed by atoms with Crippen molar-refractivity contribution in [1.29, 1.82) is 0 Å². The molecule has 27 heavy (non-hydrogen) atoms. The summed E-state index contributed by atoms with van der Waals surface area (Å²) in [5, 5.41) is 7.58. The molecular weight excluding hydrogens is 336 g/mol. The number of fused-ring (bicyclic) bond motifs is 2. The Hall–Kier alpha value is -3.47. The first-order chi connectivity index (χ1) is 13.3. The normalized spacial score (nSPS) is 15.6. The van der Waals surface area contributed by atoms with E-state index in [4.69, 9.17) is 0 Å². The second kappa shape index (κ2) is 6.36. The lowest BCUT2D eigenvalue weighted by Crippen LogP contribution is -2.27. The number of carbonyl (C=O) groups is 1. The van der Waals surface area contributed by atoms with Gasteiger partial charge in [-0.3, -0.25) is 4.79 Å². The van der Waals surface area contributed by atoms with Crippen molar-refractivity contribution in [2.24, 2.45) is 0 Å². The van der Waals surface area contributed by atoms with Crippen LogP contribution in [0.4, 0.5) is 0 Å². The minimum absolute atomic E-state index is 0.0426. The molecule has 0 saturated heterocycles. The Balaban J connectivity index is 1.48. The predicted octanol–water partition coefficient (Wildman–Crippen LogP) is 3.81. The summed E-state index contributed by atoms with van der Waals surface area (Å²) in [6.07, 6.45) is 5.24. The number of aromatic nitrogens is 3. The number of nitrogens with zero attached hydrogens (tertiary/aromatic N) is 3. The smallest absolute Gasteiger partial charge is 0.257 e. The van der Waals surface area contributed by atoms with Gasteiger partial charge in [0.1, 0.15) is 5.56 Å². The highest BCUT2D eigenvalue weighted by atomic mass is 16.1. The molecule has 1 atom stereocenters. The van der Waals surface area contributed by atoms with E-state index < -0.39 is 0 Å². The van der Waals surface area contributed by atoms with E-state index in [1.54, 1.807) is 16.9 Å². The highest BCUT2D eigenvalue weighted by molar-refractivity contribution is 6.00. The molecule has 4 aromatic rings. The summed E-state index contributed by atoms with van der Waals surface area (Å²) in [5.41, 5.74) is 5.53. The van der Waals surface area contributed by atoms with Crippen molar-refractivity contribution < 1.29 is 4.79 Å². The number of hydrogen-bond acceptors (Lipinski definition) is 3. The molecule has 0 unspecified atom stereocenters. The molecule has 1 N–H and O–H groups in total. The number of nitrogens with one attached hydrogen (secondary N) is 1. The van der Waals surface area contributed by atoms with E-state index in [9.17, 15) is 4.79 Å². The zero-order chi connectivity index (χ0) is 18.2. The van der Waals surface area contributed by atoms with Crippen molar-refractivity contribution in [3.8, 4) is 11.3 Å². The molecule has 5 nitrogen and oxygen atoms in total. The Morgan fingerprint density at radius 3 is 2.74 bits per heavy atom. The number of aryl methyl sites for hydroxylation is 1. The molecule has 0 fully saturated rings. The minimum Gasteiger partial charge on any atom is -0.345 e. The monoisotopic (exact) mass is 354 g/mol. The molecule has 1 amide bonds. The topological polar surface area (TPSA) is 59.3 Å². The van der Waals surface area contributed by atoms with Crippen LogP contribution in [-0.2, 0) is 6.42 Å². The molecule has 1 aliphatic carbocycles. The Morgan fingerprint density at radius 1 is 1.04 bits per heavy atom. The van der Waals surface area contributed by atoms with Crippen LogP contribution in [0.2, 0.25) is 0 Å². The maximum absolute atomic E-state index is 12.9. The lowest BCUT2D eigenvalue weighted by Gasteiger charge is -2.13. The summed E-state index contributed by atoms with van der Waals surface area (Å²) in [6, 6.07) is 20.2. The van der Waals surface area contributed by atoms with Crippen LogP contribution in [-0.4, -0.2) is 20.5 Å². The van der Waals surface area contributed by atoms with Gasteiger partial charge in [0.25, 0.3) is 5.91 Å². The summed E-state index contributed by atoms with van der Waals surface area (Å²) in [5.74, 6) is -0.135. The zero-order valence-electron chi connectivity index (χ0n) is 14.7. The number of hydrogen-bond donors (Lipinski definition) is 1. The SMILES string of the molecule is O=C(N[C@H]1CCc2ccccc21)c1cnn2c(-c3ccccc3)ccnc12. The van der Waals surface area contributed by atoms with E-state index in [2.05, 4.69) is 27.5 Å². The molecule has 1 aliphatic rings. The third kappa shape index (κ3) is 2.68. The van der Waals surface area contributed by atoms with Gasteiger partial charge >= 0.3 is 0 Å². The van der Waals surface area contributed by atoms with Gasteiger partial charge in [0.05, 0.1) is 17.9 Å². The average Bonchev–Trinajstić information content (AvgIpc) is 3.33. The fraction of sp³-hybridized carbons (Fsp3) is 0.136. The average molecular weight is 354 g/mol. The first kappa shape index (κ1) is 15.8. The maximum Gasteiger partial charge on any atom is 0.257 e. The summed E-state index contributed by atoms with van der Waals surface area (Å²) in [4.78, 5) is 17.3. The van der Waals surface area contributed by atoms with Gasteiger partial charge in [-0.2, -0.15) is 5.10 Å². The zero-order valence-corrected chi connectivity index (χ0v) is 14.7. The van der Waals surface area contributed by atoms with Crippen LogP contribution in [0.3, 0.4) is 0 Å². The van der Waals surface area contributed by atoms with E-state index in [1.165, 1.54) is 11.1 Å². The standard InChI is InChI=1S/C22H18N4O/c27-22(25-19-11-10-15-6-4-5-9-17(15)19)18-14-24-26-20(12-13-23-21(18)26)16-7-2-1-3-8-16/h1-9,12-14,19H,10-11H2,(H,25,27)/t19-/m0/s1. The predicted molar refractivity (Wildman–Crippen MR) is 103 cm³/mol. The lowest BCUT2D eigenvalue weighted by atomic mass is 10.1. The van der Waals surface area contributed by atoms with Gasteiger partial charge in [-0.1, -0.05) is 54.6 Å². The second-order valence-electron chi connectivity index (χ2n) is 6.75. The fourth-order valence-electron chi connectivity index (χ4n) is 3.82. The third-order valence-electron chi connectivity index (χ3n) is 5.15. The van der Waals surface area contributed by atoms with Crippen molar-refractivity contribution in [3.05, 3.63) is 89.7 Å². The largest absolute Gasteiger partial charge is 0.345 e. The third-order valence-corrected chi connectivity index (χ3v) is 5.15. The van der Waals surface area contributed by atoms with Gasteiger partial charge < -0.3 is 5.32 Å². The molecule has 0 bridgehead atoms. The molecule has 0 saturated carbocycles. The van der Waals surface area contributed by atoms with Crippen molar-refractivity contribution in [2.75, 3.05) is 0 Å². The van der Waals surface area contributed by atoms with Gasteiger partial charge in [-0.25, -0.2) is 9.50 Å². The molecule has 2 aromatic heterocycles. The highest BCUT2D eigenvalue weighted by Crippen LogP contribution is 2.31. The van der Waals surface area contributed by atoms with E-state index in [-0.39, 0.29) is 11.9 Å². The van der Waals surface area contributed by atoms with Gasteiger partial charge in [0.2, 0.25) is 0 Å². The maximum atomic E-state index is 12.9. The molecule has 2 aromatic carbocycles. The van der Waals surface area contributed by atoms with Crippen LogP contribution in [0.25, 0.3) is 16.9 Å². The van der Waals surface area contributed by atoms with Crippen LogP contribution in [0.5, 0.6) is 0 Å². The summed E-state index contributed by atoms with van der Waals surface area (Å²) in [6.45, 7) is 0. The molecule has 132 valence electrons. The molecule has 0 aliphatic heterocycles. The van der Waals surface area contributed by atoms with Crippen molar-refractivity contribution >= 4 is 11.6 Å². The van der Waals surface area contributed by atoms with Crippen LogP contribution < -0.4 is 5.32 Å². The van der Waals surface area contributed by atoms with Gasteiger partial charge in [0.15, 0.2) is 5.65 Å². The Bertz CT molecular complexity index is 1130. The van der Waals surface area contributed by atoms with E-state index in [0.29, 0.717) is 11.2 Å². The quantitative estimate of drug-likeness (QED) is 0.608. The Kier molecular flexibility index (Phi) is 3.71. The summed E-state index contributed by atoms with van der Waals surface area (Å²) < 4.78 is 1.73. The van der Waals surface area contributed by atoms with E-state index in [0.717, 1.165) is 24.1 Å². The summed E-state index contributed by atoms with van der Waals surface area (Å²) in [7, 11) is 0. The van der Waals surface area contributed by atoms with Crippen molar-refractivity contribution in [3.63, 3.8) is 0 Å². The van der Waals surface area contributed by atoms with Gasteiger partial charge in [-0.05, 0) is 30.0 Å². The number of rotatable bonds is 3. The molecule has 5 rings (SSSR count). The van der Waals surface area contributed by atoms with Crippen LogP contribution in [0.1, 0.15) is 33.9 Å². The number of carbonyl (C=O) groups excluding carboxylic acids is 1. The van der Waals surface area contributed by atoms with Crippen molar-refractivity contribution in [2.45, 2.75) is 18.9 Å². The van der Waals surface area contributed by atoms with Crippen molar-refractivity contribution in [1.82, 2.24) is 19.9 Å². The summed E-state index contributed by atoms with van der Waals surface area (Å²) >= 11 is 0. The van der Waals surface area contributed by atoms with E-state index in [1.807, 2.05) is 48.5 Å². The number of benzene rings is 2. The van der Waals surface area contributed by atoms with Crippen LogP contribution >= 0.6 is 0 Å². The first-order valence-electron chi connectivity index (χ1n) is 9.08. The first-order valence-corrected chi connectivity index (χ1v) is 9.08. The van der Waals surface area contributed by atoms with Gasteiger partial charge in [-0.15, -0.1) is 0 Å².